The van der Waals surface area contributed by atoms with E-state index >= 15 is 0 Å². The molecule has 1 aliphatic rings. The predicted molar refractivity (Wildman–Crippen MR) is 118 cm³/mol. The molecule has 3 rings (SSSR count). The van der Waals surface area contributed by atoms with Gasteiger partial charge in [-0.05, 0) is 55.3 Å². The van der Waals surface area contributed by atoms with E-state index < -0.39 is 15.9 Å². The smallest absolute Gasteiger partial charge is 0.241 e. The van der Waals surface area contributed by atoms with Gasteiger partial charge in [-0.15, -0.1) is 0 Å². The molecule has 8 nitrogen and oxygen atoms in total. The Morgan fingerprint density at radius 2 is 1.81 bits per heavy atom. The van der Waals surface area contributed by atoms with Gasteiger partial charge in [-0.2, -0.15) is 0 Å². The Kier molecular flexibility index (Phi) is 7.27. The number of hydrogen-bond acceptors (Lipinski definition) is 6. The molecule has 2 aromatic carbocycles. The molecule has 0 radical (unpaired) electrons. The number of sulfonamides is 1. The normalized spacial score (nSPS) is 13.9. The van der Waals surface area contributed by atoms with Gasteiger partial charge in [0.1, 0.15) is 25.5 Å². The minimum absolute atomic E-state index is 0.330. The molecule has 0 fully saturated rings. The van der Waals surface area contributed by atoms with Crippen molar-refractivity contribution in [2.75, 3.05) is 36.9 Å². The summed E-state index contributed by atoms with van der Waals surface area (Å²) in [6.45, 7) is 5.06. The third-order valence-corrected chi connectivity index (χ3v) is 5.87. The van der Waals surface area contributed by atoms with Crippen molar-refractivity contribution >= 4 is 21.6 Å². The lowest BCUT2D eigenvalue weighted by atomic mass is 10.1. The van der Waals surface area contributed by atoms with E-state index in [1.807, 2.05) is 26.0 Å². The zero-order valence-electron chi connectivity index (χ0n) is 18.0. The third kappa shape index (κ3) is 6.04. The van der Waals surface area contributed by atoms with Gasteiger partial charge < -0.3 is 19.5 Å². The highest BCUT2D eigenvalue weighted by molar-refractivity contribution is 7.92. The van der Waals surface area contributed by atoms with Crippen LogP contribution in [-0.2, 0) is 14.8 Å². The molecule has 1 atom stereocenters. The van der Waals surface area contributed by atoms with E-state index in [1.165, 1.54) is 0 Å². The van der Waals surface area contributed by atoms with Crippen LogP contribution in [0.15, 0.2) is 42.5 Å². The van der Waals surface area contributed by atoms with Crippen LogP contribution in [0.5, 0.6) is 17.2 Å². The molecule has 0 saturated carbocycles. The average Bonchev–Trinajstić information content (AvgIpc) is 2.75. The van der Waals surface area contributed by atoms with Crippen molar-refractivity contribution in [3.05, 3.63) is 48.0 Å². The second kappa shape index (κ2) is 9.91. The van der Waals surface area contributed by atoms with Crippen molar-refractivity contribution < 1.29 is 27.4 Å². The van der Waals surface area contributed by atoms with Crippen molar-refractivity contribution in [2.24, 2.45) is 0 Å². The molecule has 168 valence electrons. The van der Waals surface area contributed by atoms with Crippen LogP contribution >= 0.6 is 0 Å². The first-order valence-electron chi connectivity index (χ1n) is 10.2. The summed E-state index contributed by atoms with van der Waals surface area (Å²) in [5.41, 5.74) is 1.23. The molecule has 31 heavy (non-hydrogen) atoms. The van der Waals surface area contributed by atoms with Crippen LogP contribution in [0.3, 0.4) is 0 Å². The monoisotopic (exact) mass is 448 g/mol. The van der Waals surface area contributed by atoms with Crippen LogP contribution in [0, 0.1) is 0 Å². The van der Waals surface area contributed by atoms with Crippen LogP contribution in [0.4, 0.5) is 5.69 Å². The fourth-order valence-electron chi connectivity index (χ4n) is 3.16. The first-order chi connectivity index (χ1) is 14.8. The number of amides is 1. The van der Waals surface area contributed by atoms with E-state index in [9.17, 15) is 13.2 Å². The van der Waals surface area contributed by atoms with E-state index in [0.29, 0.717) is 42.8 Å². The quantitative estimate of drug-likeness (QED) is 0.634. The molecule has 0 aromatic heterocycles. The van der Waals surface area contributed by atoms with Crippen LogP contribution in [-0.4, -0.2) is 46.9 Å². The van der Waals surface area contributed by atoms with E-state index in [2.05, 4.69) is 5.32 Å². The molecular weight excluding hydrogens is 420 g/mol. The summed E-state index contributed by atoms with van der Waals surface area (Å²) < 4.78 is 42.4. The number of fused-ring (bicyclic) bond motifs is 1. The number of carbonyl (C=O) groups is 1. The predicted octanol–water partition coefficient (Wildman–Crippen LogP) is 2.89. The van der Waals surface area contributed by atoms with Crippen molar-refractivity contribution in [1.29, 1.82) is 0 Å². The largest absolute Gasteiger partial charge is 0.494 e. The highest BCUT2D eigenvalue weighted by atomic mass is 32.2. The first kappa shape index (κ1) is 22.7. The molecule has 0 bridgehead atoms. The Morgan fingerprint density at radius 3 is 2.45 bits per heavy atom. The number of ether oxygens (including phenoxy) is 3. The van der Waals surface area contributed by atoms with Crippen molar-refractivity contribution in [2.45, 2.75) is 26.3 Å². The van der Waals surface area contributed by atoms with Crippen molar-refractivity contribution in [3.63, 3.8) is 0 Å². The first-order valence-corrected chi connectivity index (χ1v) is 12.0. The van der Waals surface area contributed by atoms with Crippen LogP contribution in [0.2, 0.25) is 0 Å². The van der Waals surface area contributed by atoms with Crippen molar-refractivity contribution in [3.8, 4) is 17.2 Å². The SMILES string of the molecule is CCCOc1ccc(N(CC(=O)N[C@@H](C)c2ccc3c(c2)OCCO3)S(C)(=O)=O)cc1. The maximum absolute atomic E-state index is 12.7. The van der Waals surface area contributed by atoms with E-state index in [1.54, 1.807) is 30.3 Å². The molecule has 1 aliphatic heterocycles. The van der Waals surface area contributed by atoms with E-state index in [4.69, 9.17) is 14.2 Å². The summed E-state index contributed by atoms with van der Waals surface area (Å²) in [6, 6.07) is 11.8. The highest BCUT2D eigenvalue weighted by Gasteiger charge is 2.22. The van der Waals surface area contributed by atoms with Gasteiger partial charge in [0.15, 0.2) is 11.5 Å². The lowest BCUT2D eigenvalue weighted by Crippen LogP contribution is -2.41. The van der Waals surface area contributed by atoms with Gasteiger partial charge in [-0.1, -0.05) is 13.0 Å². The number of hydrogen-bond donors (Lipinski definition) is 1. The Morgan fingerprint density at radius 1 is 1.13 bits per heavy atom. The summed E-state index contributed by atoms with van der Waals surface area (Å²) in [7, 11) is -3.66. The van der Waals surface area contributed by atoms with Gasteiger partial charge in [-0.3, -0.25) is 9.10 Å². The number of nitrogens with one attached hydrogen (secondary N) is 1. The minimum atomic E-state index is -3.66. The van der Waals surface area contributed by atoms with Gasteiger partial charge in [0, 0.05) is 0 Å². The molecule has 9 heteroatoms. The van der Waals surface area contributed by atoms with E-state index in [0.717, 1.165) is 22.5 Å². The fourth-order valence-corrected chi connectivity index (χ4v) is 4.02. The van der Waals surface area contributed by atoms with Crippen molar-refractivity contribution in [1.82, 2.24) is 5.32 Å². The Bertz CT molecular complexity index is 1010. The minimum Gasteiger partial charge on any atom is -0.494 e. The number of rotatable bonds is 9. The fraction of sp³-hybridized carbons (Fsp3) is 0.409. The third-order valence-electron chi connectivity index (χ3n) is 4.73. The molecule has 0 unspecified atom stereocenters. The summed E-state index contributed by atoms with van der Waals surface area (Å²) >= 11 is 0. The number of anilines is 1. The lowest BCUT2D eigenvalue weighted by Gasteiger charge is -2.24. The zero-order valence-corrected chi connectivity index (χ0v) is 18.8. The van der Waals surface area contributed by atoms with Gasteiger partial charge in [0.25, 0.3) is 0 Å². The average molecular weight is 449 g/mol. The van der Waals surface area contributed by atoms with Gasteiger partial charge in [-0.25, -0.2) is 8.42 Å². The topological polar surface area (TPSA) is 94.2 Å². The summed E-state index contributed by atoms with van der Waals surface area (Å²) in [5.74, 6) is 1.53. The standard InChI is InChI=1S/C22H28N2O6S/c1-4-11-28-19-8-6-18(7-9-19)24(31(3,26)27)15-22(25)23-16(2)17-5-10-20-21(14-17)30-13-12-29-20/h5-10,14,16H,4,11-13,15H2,1-3H3,(H,23,25)/t16-/m0/s1. The summed E-state index contributed by atoms with van der Waals surface area (Å²) in [4.78, 5) is 12.7. The Hall–Kier alpha value is -2.94. The molecule has 1 N–H and O–H groups in total. The second-order valence-corrected chi connectivity index (χ2v) is 9.21. The molecule has 0 saturated heterocycles. The summed E-state index contributed by atoms with van der Waals surface area (Å²) in [6.07, 6.45) is 1.95. The maximum atomic E-state index is 12.7. The van der Waals surface area contributed by atoms with Gasteiger partial charge >= 0.3 is 0 Å². The second-order valence-electron chi connectivity index (χ2n) is 7.30. The van der Waals surface area contributed by atoms with Crippen LogP contribution in [0.1, 0.15) is 31.9 Å². The van der Waals surface area contributed by atoms with E-state index in [-0.39, 0.29) is 12.6 Å². The zero-order chi connectivity index (χ0) is 22.4. The number of carbonyl (C=O) groups excluding carboxylic acids is 1. The molecule has 1 amide bonds. The molecule has 2 aromatic rings. The number of nitrogens with zero attached hydrogens (tertiary/aromatic N) is 1. The Labute approximate surface area is 183 Å². The molecule has 0 spiro atoms. The molecule has 1 heterocycles. The highest BCUT2D eigenvalue weighted by Crippen LogP contribution is 2.32. The molecular formula is C22H28N2O6S. The Balaban J connectivity index is 1.68. The van der Waals surface area contributed by atoms with Crippen LogP contribution in [0.25, 0.3) is 0 Å². The van der Waals surface area contributed by atoms with Gasteiger partial charge in [0.05, 0.1) is 24.6 Å². The maximum Gasteiger partial charge on any atom is 0.241 e. The van der Waals surface area contributed by atoms with Crippen LogP contribution < -0.4 is 23.8 Å². The lowest BCUT2D eigenvalue weighted by molar-refractivity contribution is -0.120. The van der Waals surface area contributed by atoms with Gasteiger partial charge in [0.2, 0.25) is 15.9 Å². The summed E-state index contributed by atoms with van der Waals surface area (Å²) in [5, 5.41) is 2.85. The number of benzene rings is 2. The molecule has 0 aliphatic carbocycles.